The lowest BCUT2D eigenvalue weighted by Crippen LogP contribution is -2.17. The zero-order chi connectivity index (χ0) is 20.0. The van der Waals surface area contributed by atoms with Gasteiger partial charge in [-0.05, 0) is 48.9 Å². The molecule has 1 saturated heterocycles. The highest BCUT2D eigenvalue weighted by molar-refractivity contribution is 8.18. The Labute approximate surface area is 174 Å². The third kappa shape index (κ3) is 3.79. The predicted octanol–water partition coefficient (Wildman–Crippen LogP) is 4.02. The number of benzene rings is 1. The van der Waals surface area contributed by atoms with Crippen molar-refractivity contribution in [3.8, 4) is 0 Å². The molecule has 2 aliphatic rings. The molecule has 8 nitrogen and oxygen atoms in total. The molecular weight excluding hydrogens is 412 g/mol. The molecule has 2 fully saturated rings. The second-order valence-corrected chi connectivity index (χ2v) is 8.22. The van der Waals surface area contributed by atoms with E-state index in [0.717, 1.165) is 36.1 Å². The summed E-state index contributed by atoms with van der Waals surface area (Å²) in [6.07, 6.45) is 5.48. The molecule has 0 radical (unpaired) electrons. The number of nitrogens with zero attached hydrogens (tertiary/aromatic N) is 3. The normalized spacial score (nSPS) is 17.8. The van der Waals surface area contributed by atoms with E-state index in [1.165, 1.54) is 0 Å². The van der Waals surface area contributed by atoms with Crippen LogP contribution in [0.3, 0.4) is 0 Å². The maximum atomic E-state index is 11.9. The van der Waals surface area contributed by atoms with Crippen molar-refractivity contribution in [3.63, 3.8) is 0 Å². The Kier molecular flexibility index (Phi) is 4.40. The number of carbonyl (C=O) groups is 2. The smallest absolute Gasteiger partial charge is 0.290 e. The van der Waals surface area contributed by atoms with Crippen molar-refractivity contribution in [2.75, 3.05) is 10.6 Å². The summed E-state index contributed by atoms with van der Waals surface area (Å²) in [6.45, 7) is 0. The van der Waals surface area contributed by atoms with Gasteiger partial charge in [0.25, 0.3) is 11.1 Å². The zero-order valence-corrected chi connectivity index (χ0v) is 16.5. The zero-order valence-electron chi connectivity index (χ0n) is 15.0. The molecule has 1 aromatic carbocycles. The number of rotatable bonds is 5. The van der Waals surface area contributed by atoms with E-state index in [2.05, 4.69) is 26.0 Å². The van der Waals surface area contributed by atoms with Crippen molar-refractivity contribution in [2.24, 2.45) is 0 Å². The van der Waals surface area contributed by atoms with Crippen LogP contribution in [0.15, 0.2) is 41.4 Å². The van der Waals surface area contributed by atoms with E-state index in [1.807, 2.05) is 24.3 Å². The van der Waals surface area contributed by atoms with Gasteiger partial charge in [0.2, 0.25) is 0 Å². The standard InChI is InChI=1S/C19H15ClN6O2S/c20-11-2-1-3-13(7-11)22-15-8-16(23-12-4-5-12)26-17(24-15)10(9-21-26)6-14-18(27)25-19(28)29-14/h1-3,6-9,12,23H,4-5H2,(H,22,24)(H,25,27,28)/b14-6-. The molecule has 5 rings (SSSR count). The van der Waals surface area contributed by atoms with E-state index in [9.17, 15) is 9.59 Å². The van der Waals surface area contributed by atoms with Crippen molar-refractivity contribution in [1.29, 1.82) is 0 Å². The molecule has 3 N–H and O–H groups in total. The molecule has 1 aliphatic heterocycles. The molecule has 29 heavy (non-hydrogen) atoms. The van der Waals surface area contributed by atoms with E-state index >= 15 is 0 Å². The number of nitrogens with one attached hydrogen (secondary N) is 3. The van der Waals surface area contributed by atoms with Crippen molar-refractivity contribution < 1.29 is 9.59 Å². The van der Waals surface area contributed by atoms with Crippen molar-refractivity contribution in [1.82, 2.24) is 19.9 Å². The first-order valence-electron chi connectivity index (χ1n) is 8.98. The highest BCUT2D eigenvalue weighted by atomic mass is 35.5. The first-order valence-corrected chi connectivity index (χ1v) is 10.2. The Morgan fingerprint density at radius 1 is 1.28 bits per heavy atom. The number of halogens is 1. The van der Waals surface area contributed by atoms with Crippen LogP contribution in [-0.4, -0.2) is 31.8 Å². The fraction of sp³-hybridized carbons (Fsp3) is 0.158. The largest absolute Gasteiger partial charge is 0.367 e. The molecule has 1 aliphatic carbocycles. The van der Waals surface area contributed by atoms with Crippen molar-refractivity contribution in [3.05, 3.63) is 52.0 Å². The van der Waals surface area contributed by atoms with Gasteiger partial charge in [0.05, 0.1) is 11.1 Å². The van der Waals surface area contributed by atoms with Crippen LogP contribution in [0, 0.1) is 0 Å². The van der Waals surface area contributed by atoms with E-state index in [0.29, 0.717) is 33.0 Å². The molecule has 0 spiro atoms. The number of hydrogen-bond donors (Lipinski definition) is 3. The monoisotopic (exact) mass is 426 g/mol. The van der Waals surface area contributed by atoms with Crippen LogP contribution >= 0.6 is 23.4 Å². The number of hydrogen-bond acceptors (Lipinski definition) is 7. The Hall–Kier alpha value is -3.04. The minimum Gasteiger partial charge on any atom is -0.367 e. The molecule has 0 atom stereocenters. The minimum absolute atomic E-state index is 0.316. The SMILES string of the molecule is O=C1NC(=O)/C(=C/c2cnn3c(NC4CC4)cc(Nc4cccc(Cl)c4)nc23)S1. The molecule has 3 heterocycles. The number of amides is 2. The number of anilines is 3. The van der Waals surface area contributed by atoms with Crippen LogP contribution in [-0.2, 0) is 4.79 Å². The summed E-state index contributed by atoms with van der Waals surface area (Å²) in [6, 6.07) is 9.67. The van der Waals surface area contributed by atoms with Gasteiger partial charge in [-0.2, -0.15) is 9.61 Å². The molecule has 1 saturated carbocycles. The van der Waals surface area contributed by atoms with E-state index in [4.69, 9.17) is 11.6 Å². The molecule has 0 bridgehead atoms. The highest BCUT2D eigenvalue weighted by Crippen LogP contribution is 2.30. The van der Waals surface area contributed by atoms with Crippen LogP contribution in [0.1, 0.15) is 18.4 Å². The molecular formula is C19H15ClN6O2S. The second kappa shape index (κ2) is 7.09. The van der Waals surface area contributed by atoms with Gasteiger partial charge in [0.1, 0.15) is 11.6 Å². The maximum Gasteiger partial charge on any atom is 0.290 e. The Morgan fingerprint density at radius 3 is 2.86 bits per heavy atom. The fourth-order valence-electron chi connectivity index (χ4n) is 2.96. The average Bonchev–Trinajstić information content (AvgIpc) is 3.31. The summed E-state index contributed by atoms with van der Waals surface area (Å²) in [5, 5.41) is 13.6. The molecule has 0 unspecified atom stereocenters. The van der Waals surface area contributed by atoms with Gasteiger partial charge in [-0.3, -0.25) is 14.9 Å². The first-order chi connectivity index (χ1) is 14.0. The second-order valence-electron chi connectivity index (χ2n) is 6.77. The number of fused-ring (bicyclic) bond motifs is 1. The van der Waals surface area contributed by atoms with E-state index < -0.39 is 5.91 Å². The van der Waals surface area contributed by atoms with Crippen LogP contribution in [0.4, 0.5) is 22.1 Å². The van der Waals surface area contributed by atoms with Gasteiger partial charge in [0.15, 0.2) is 5.65 Å². The van der Waals surface area contributed by atoms with E-state index in [-0.39, 0.29) is 5.24 Å². The third-order valence-corrected chi connectivity index (χ3v) is 5.50. The number of aromatic nitrogens is 3. The number of carbonyl (C=O) groups excluding carboxylic acids is 2. The average molecular weight is 427 g/mol. The lowest BCUT2D eigenvalue weighted by molar-refractivity contribution is -0.115. The van der Waals surface area contributed by atoms with Gasteiger partial charge in [-0.1, -0.05) is 17.7 Å². The van der Waals surface area contributed by atoms with Crippen LogP contribution in [0.25, 0.3) is 11.7 Å². The summed E-state index contributed by atoms with van der Waals surface area (Å²) in [5.41, 5.74) is 2.02. The van der Waals surface area contributed by atoms with Gasteiger partial charge in [-0.25, -0.2) is 4.98 Å². The summed E-state index contributed by atoms with van der Waals surface area (Å²) < 4.78 is 1.70. The summed E-state index contributed by atoms with van der Waals surface area (Å²) in [4.78, 5) is 28.3. The fourth-order valence-corrected chi connectivity index (χ4v) is 3.83. The Morgan fingerprint density at radius 2 is 2.14 bits per heavy atom. The predicted molar refractivity (Wildman–Crippen MR) is 113 cm³/mol. The van der Waals surface area contributed by atoms with Crippen LogP contribution < -0.4 is 16.0 Å². The molecule has 146 valence electrons. The van der Waals surface area contributed by atoms with Crippen LogP contribution in [0.5, 0.6) is 0 Å². The summed E-state index contributed by atoms with van der Waals surface area (Å²) >= 11 is 6.95. The lowest BCUT2D eigenvalue weighted by atomic mass is 10.3. The highest BCUT2D eigenvalue weighted by Gasteiger charge is 2.26. The molecule has 10 heteroatoms. The van der Waals surface area contributed by atoms with Gasteiger partial charge in [-0.15, -0.1) is 0 Å². The molecule has 2 aromatic heterocycles. The van der Waals surface area contributed by atoms with Crippen molar-refractivity contribution >= 4 is 63.6 Å². The topological polar surface area (TPSA) is 100 Å². The van der Waals surface area contributed by atoms with Crippen molar-refractivity contribution in [2.45, 2.75) is 18.9 Å². The van der Waals surface area contributed by atoms with Gasteiger partial charge in [0, 0.05) is 28.4 Å². The lowest BCUT2D eigenvalue weighted by Gasteiger charge is -2.11. The third-order valence-electron chi connectivity index (χ3n) is 4.45. The van der Waals surface area contributed by atoms with E-state index in [1.54, 1.807) is 22.9 Å². The van der Waals surface area contributed by atoms with Gasteiger partial charge < -0.3 is 10.6 Å². The molecule has 2 amide bonds. The Bertz CT molecular complexity index is 1190. The maximum absolute atomic E-state index is 11.9. The van der Waals surface area contributed by atoms with Crippen LogP contribution in [0.2, 0.25) is 5.02 Å². The molecule has 3 aromatic rings. The summed E-state index contributed by atoms with van der Waals surface area (Å²) in [7, 11) is 0. The quantitative estimate of drug-likeness (QED) is 0.529. The van der Waals surface area contributed by atoms with Gasteiger partial charge >= 0.3 is 0 Å². The minimum atomic E-state index is -0.413. The number of imide groups is 1. The summed E-state index contributed by atoms with van der Waals surface area (Å²) in [5.74, 6) is 0.998. The number of thioether (sulfide) groups is 1. The Balaban J connectivity index is 1.57. The first kappa shape index (κ1) is 18.0.